The van der Waals surface area contributed by atoms with Crippen molar-refractivity contribution < 1.29 is 14.6 Å². The second-order valence-corrected chi connectivity index (χ2v) is 3.65. The smallest absolute Gasteiger partial charge is 0.336 e. The number of benzene rings is 1. The van der Waals surface area contributed by atoms with Crippen LogP contribution in [-0.2, 0) is 0 Å². The van der Waals surface area contributed by atoms with E-state index in [-0.39, 0.29) is 5.56 Å². The van der Waals surface area contributed by atoms with Gasteiger partial charge in [-0.1, -0.05) is 6.92 Å². The van der Waals surface area contributed by atoms with Gasteiger partial charge in [0.1, 0.15) is 5.75 Å². The normalized spacial score (nSPS) is 9.86. The van der Waals surface area contributed by atoms with Crippen molar-refractivity contribution in [2.75, 3.05) is 6.61 Å². The largest absolute Gasteiger partial charge is 0.494 e. The minimum Gasteiger partial charge on any atom is -0.494 e. The zero-order chi connectivity index (χ0) is 10.6. The first-order valence-corrected chi connectivity index (χ1v) is 5.10. The number of carboxylic acids is 1. The Balaban J connectivity index is 2.89. The first kappa shape index (κ1) is 11.0. The van der Waals surface area contributed by atoms with Gasteiger partial charge in [0.05, 0.1) is 12.2 Å². The second-order valence-electron chi connectivity index (χ2n) is 2.80. The van der Waals surface area contributed by atoms with Crippen molar-refractivity contribution in [1.29, 1.82) is 0 Å². The van der Waals surface area contributed by atoms with Crippen LogP contribution in [0.4, 0.5) is 0 Å². The van der Waals surface area contributed by atoms with Gasteiger partial charge in [0.2, 0.25) is 0 Å². The maximum Gasteiger partial charge on any atom is 0.336 e. The molecule has 0 amide bonds. The lowest BCUT2D eigenvalue weighted by atomic mass is 10.2. The van der Waals surface area contributed by atoms with Crippen LogP contribution >= 0.6 is 15.9 Å². The van der Waals surface area contributed by atoms with Gasteiger partial charge >= 0.3 is 5.97 Å². The Hall–Kier alpha value is -1.03. The first-order chi connectivity index (χ1) is 6.65. The molecular weight excluding hydrogens is 248 g/mol. The van der Waals surface area contributed by atoms with Crippen molar-refractivity contribution in [3.05, 3.63) is 28.2 Å². The minimum absolute atomic E-state index is 0.221. The molecule has 0 aliphatic rings. The van der Waals surface area contributed by atoms with Crippen LogP contribution in [-0.4, -0.2) is 17.7 Å². The van der Waals surface area contributed by atoms with Crippen LogP contribution < -0.4 is 4.74 Å². The molecule has 14 heavy (non-hydrogen) atoms. The van der Waals surface area contributed by atoms with Crippen LogP contribution in [0.2, 0.25) is 0 Å². The third-order valence-electron chi connectivity index (χ3n) is 1.64. The lowest BCUT2D eigenvalue weighted by Crippen LogP contribution is -2.00. The number of aromatic carboxylic acids is 1. The fraction of sp³-hybridized carbons (Fsp3) is 0.300. The van der Waals surface area contributed by atoms with Gasteiger partial charge in [-0.05, 0) is 40.5 Å². The first-order valence-electron chi connectivity index (χ1n) is 4.30. The van der Waals surface area contributed by atoms with E-state index in [9.17, 15) is 4.79 Å². The Morgan fingerprint density at radius 2 is 2.29 bits per heavy atom. The van der Waals surface area contributed by atoms with E-state index >= 15 is 0 Å². The molecular formula is C10H11BrO3. The van der Waals surface area contributed by atoms with E-state index in [0.717, 1.165) is 6.42 Å². The highest BCUT2D eigenvalue weighted by molar-refractivity contribution is 9.10. The summed E-state index contributed by atoms with van der Waals surface area (Å²) in [7, 11) is 0. The van der Waals surface area contributed by atoms with Crippen LogP contribution in [0.5, 0.6) is 5.75 Å². The van der Waals surface area contributed by atoms with Gasteiger partial charge in [-0.2, -0.15) is 0 Å². The lowest BCUT2D eigenvalue weighted by Gasteiger charge is -2.06. The molecule has 0 heterocycles. The number of carbonyl (C=O) groups is 1. The van der Waals surface area contributed by atoms with Gasteiger partial charge in [0.15, 0.2) is 0 Å². The number of hydrogen-bond donors (Lipinski definition) is 1. The van der Waals surface area contributed by atoms with Gasteiger partial charge in [0, 0.05) is 4.47 Å². The van der Waals surface area contributed by atoms with Gasteiger partial charge < -0.3 is 9.84 Å². The Kier molecular flexibility index (Phi) is 3.95. The van der Waals surface area contributed by atoms with Crippen LogP contribution in [0.3, 0.4) is 0 Å². The molecule has 0 radical (unpaired) electrons. The Labute approximate surface area is 90.8 Å². The Morgan fingerprint density at radius 3 is 2.86 bits per heavy atom. The van der Waals surface area contributed by atoms with Crippen molar-refractivity contribution in [3.63, 3.8) is 0 Å². The predicted molar refractivity (Wildman–Crippen MR) is 56.9 cm³/mol. The highest BCUT2D eigenvalue weighted by Crippen LogP contribution is 2.22. The van der Waals surface area contributed by atoms with E-state index in [2.05, 4.69) is 15.9 Å². The molecule has 0 unspecified atom stereocenters. The number of rotatable bonds is 4. The average molecular weight is 259 g/mol. The molecule has 0 saturated carbocycles. The molecule has 1 aromatic rings. The van der Waals surface area contributed by atoms with E-state index in [1.165, 1.54) is 6.07 Å². The summed E-state index contributed by atoms with van der Waals surface area (Å²) in [5.41, 5.74) is 0.221. The van der Waals surface area contributed by atoms with Crippen LogP contribution in [0.1, 0.15) is 23.7 Å². The second kappa shape index (κ2) is 5.00. The molecule has 1 aromatic carbocycles. The molecule has 0 fully saturated rings. The third kappa shape index (κ3) is 2.73. The maximum absolute atomic E-state index is 10.8. The molecule has 0 bridgehead atoms. The summed E-state index contributed by atoms with van der Waals surface area (Å²) in [6, 6.07) is 4.93. The number of ether oxygens (including phenoxy) is 1. The van der Waals surface area contributed by atoms with Gasteiger partial charge in [0.25, 0.3) is 0 Å². The summed E-state index contributed by atoms with van der Waals surface area (Å²) in [6.07, 6.45) is 0.901. The maximum atomic E-state index is 10.8. The molecule has 1 rings (SSSR count). The van der Waals surface area contributed by atoms with E-state index < -0.39 is 5.97 Å². The lowest BCUT2D eigenvalue weighted by molar-refractivity contribution is 0.0695. The van der Waals surface area contributed by atoms with Gasteiger partial charge in [-0.15, -0.1) is 0 Å². The SMILES string of the molecule is CCCOc1ccc(Br)c(C(=O)O)c1. The monoisotopic (exact) mass is 258 g/mol. The molecule has 0 atom stereocenters. The Bertz CT molecular complexity index is 336. The van der Waals surface area contributed by atoms with Crippen LogP contribution in [0, 0.1) is 0 Å². The van der Waals surface area contributed by atoms with Crippen molar-refractivity contribution in [1.82, 2.24) is 0 Å². The number of carboxylic acid groups (broad SMARTS) is 1. The van der Waals surface area contributed by atoms with Gasteiger partial charge in [-0.3, -0.25) is 0 Å². The zero-order valence-electron chi connectivity index (χ0n) is 7.79. The summed E-state index contributed by atoms with van der Waals surface area (Å²) >= 11 is 3.16. The zero-order valence-corrected chi connectivity index (χ0v) is 9.37. The molecule has 0 spiro atoms. The summed E-state index contributed by atoms with van der Waals surface area (Å²) in [5.74, 6) is -0.369. The Morgan fingerprint density at radius 1 is 1.57 bits per heavy atom. The summed E-state index contributed by atoms with van der Waals surface area (Å²) in [4.78, 5) is 10.8. The standard InChI is InChI=1S/C10H11BrO3/c1-2-5-14-7-3-4-9(11)8(6-7)10(12)13/h3-4,6H,2,5H2,1H3,(H,12,13). The summed E-state index contributed by atoms with van der Waals surface area (Å²) < 4.78 is 5.88. The van der Waals surface area contributed by atoms with Crippen molar-refractivity contribution >= 4 is 21.9 Å². The fourth-order valence-electron chi connectivity index (χ4n) is 0.978. The number of hydrogen-bond acceptors (Lipinski definition) is 2. The molecule has 0 aliphatic heterocycles. The topological polar surface area (TPSA) is 46.5 Å². The fourth-order valence-corrected chi connectivity index (χ4v) is 1.39. The molecule has 4 heteroatoms. The molecule has 76 valence electrons. The highest BCUT2D eigenvalue weighted by Gasteiger charge is 2.09. The molecule has 0 aromatic heterocycles. The van der Waals surface area contributed by atoms with E-state index in [1.807, 2.05) is 6.92 Å². The van der Waals surface area contributed by atoms with E-state index in [4.69, 9.17) is 9.84 Å². The van der Waals surface area contributed by atoms with Crippen molar-refractivity contribution in [2.45, 2.75) is 13.3 Å². The average Bonchev–Trinajstić information content (AvgIpc) is 2.16. The van der Waals surface area contributed by atoms with Crippen molar-refractivity contribution in [2.24, 2.45) is 0 Å². The molecule has 0 aliphatic carbocycles. The summed E-state index contributed by atoms with van der Waals surface area (Å²) in [6.45, 7) is 2.59. The third-order valence-corrected chi connectivity index (χ3v) is 2.33. The van der Waals surface area contributed by atoms with Gasteiger partial charge in [-0.25, -0.2) is 4.79 Å². The summed E-state index contributed by atoms with van der Waals surface area (Å²) in [5, 5.41) is 8.83. The van der Waals surface area contributed by atoms with Crippen LogP contribution in [0.15, 0.2) is 22.7 Å². The van der Waals surface area contributed by atoms with E-state index in [0.29, 0.717) is 16.8 Å². The molecule has 3 nitrogen and oxygen atoms in total. The predicted octanol–water partition coefficient (Wildman–Crippen LogP) is 2.94. The quantitative estimate of drug-likeness (QED) is 0.904. The minimum atomic E-state index is -0.959. The van der Waals surface area contributed by atoms with E-state index in [1.54, 1.807) is 12.1 Å². The molecule has 0 saturated heterocycles. The van der Waals surface area contributed by atoms with Crippen LogP contribution in [0.25, 0.3) is 0 Å². The number of halogens is 1. The highest BCUT2D eigenvalue weighted by atomic mass is 79.9. The van der Waals surface area contributed by atoms with Crippen molar-refractivity contribution in [3.8, 4) is 5.75 Å². The molecule has 1 N–H and O–H groups in total.